The lowest BCUT2D eigenvalue weighted by Gasteiger charge is -2.16. The number of nitrogens with zero attached hydrogens (tertiary/aromatic N) is 1. The molecule has 15 heavy (non-hydrogen) atoms. The third-order valence-electron chi connectivity index (χ3n) is 2.87. The monoisotopic (exact) mass is 208 g/mol. The molecule has 2 rings (SSSR count). The van der Waals surface area contributed by atoms with Crippen molar-refractivity contribution in [3.05, 3.63) is 11.3 Å². The summed E-state index contributed by atoms with van der Waals surface area (Å²) in [4.78, 5) is 11.2. The molecule has 4 nitrogen and oxygen atoms in total. The molecule has 1 unspecified atom stereocenters. The van der Waals surface area contributed by atoms with E-state index in [2.05, 4.69) is 17.4 Å². The molecule has 1 heterocycles. The zero-order chi connectivity index (χ0) is 10.8. The Hall–Kier alpha value is -1.32. The lowest BCUT2D eigenvalue weighted by Crippen LogP contribution is -2.14. The molecule has 1 amide bonds. The summed E-state index contributed by atoms with van der Waals surface area (Å²) in [6.07, 6.45) is 3.53. The number of hydrogen-bond donors (Lipinski definition) is 1. The lowest BCUT2D eigenvalue weighted by molar-refractivity contribution is -0.116. The predicted molar refractivity (Wildman–Crippen MR) is 56.6 cm³/mol. The maximum Gasteiger partial charge on any atom is 0.234 e. The summed E-state index contributed by atoms with van der Waals surface area (Å²) in [6, 6.07) is 0. The number of carbonyl (C=O) groups excluding carboxylic acids is 1. The van der Waals surface area contributed by atoms with Crippen LogP contribution < -0.4 is 5.32 Å². The first-order valence-corrected chi connectivity index (χ1v) is 5.48. The van der Waals surface area contributed by atoms with Gasteiger partial charge in [-0.25, -0.2) is 0 Å². The molecular weight excluding hydrogens is 192 g/mol. The fourth-order valence-corrected chi connectivity index (χ4v) is 1.90. The highest BCUT2D eigenvalue weighted by Gasteiger charge is 2.23. The second kappa shape index (κ2) is 4.04. The Labute approximate surface area is 89.0 Å². The van der Waals surface area contributed by atoms with Gasteiger partial charge < -0.3 is 4.52 Å². The molecule has 1 aromatic rings. The van der Waals surface area contributed by atoms with Crippen LogP contribution in [0.3, 0.4) is 0 Å². The molecule has 0 radical (unpaired) electrons. The van der Waals surface area contributed by atoms with E-state index in [0.717, 1.165) is 30.5 Å². The largest absolute Gasteiger partial charge is 0.338 e. The zero-order valence-corrected chi connectivity index (χ0v) is 9.17. The molecule has 1 aliphatic carbocycles. The number of amides is 1. The SMILES string of the molecule is CCC(=O)Nc1onc2c1CC(C)CC2. The van der Waals surface area contributed by atoms with E-state index in [4.69, 9.17) is 4.52 Å². The van der Waals surface area contributed by atoms with Crippen LogP contribution in [0.25, 0.3) is 0 Å². The smallest absolute Gasteiger partial charge is 0.234 e. The molecule has 4 heteroatoms. The average Bonchev–Trinajstić information content (AvgIpc) is 2.61. The predicted octanol–water partition coefficient (Wildman–Crippen LogP) is 2.15. The van der Waals surface area contributed by atoms with Gasteiger partial charge in [-0.1, -0.05) is 19.0 Å². The maximum absolute atomic E-state index is 11.2. The van der Waals surface area contributed by atoms with Crippen LogP contribution in [0.15, 0.2) is 4.52 Å². The number of hydrogen-bond acceptors (Lipinski definition) is 3. The fraction of sp³-hybridized carbons (Fsp3) is 0.636. The van der Waals surface area contributed by atoms with Gasteiger partial charge in [0.25, 0.3) is 0 Å². The fourth-order valence-electron chi connectivity index (χ4n) is 1.90. The van der Waals surface area contributed by atoms with E-state index < -0.39 is 0 Å². The van der Waals surface area contributed by atoms with Crippen molar-refractivity contribution in [2.45, 2.75) is 39.5 Å². The number of aryl methyl sites for hydroxylation is 1. The second-order valence-corrected chi connectivity index (χ2v) is 4.19. The van der Waals surface area contributed by atoms with Crippen LogP contribution in [-0.2, 0) is 17.6 Å². The summed E-state index contributed by atoms with van der Waals surface area (Å²) in [5, 5.41) is 6.74. The first kappa shape index (κ1) is 10.2. The van der Waals surface area contributed by atoms with Crippen LogP contribution in [0.2, 0.25) is 0 Å². The highest BCUT2D eigenvalue weighted by atomic mass is 16.5. The van der Waals surface area contributed by atoms with E-state index in [-0.39, 0.29) is 5.91 Å². The first-order valence-electron chi connectivity index (χ1n) is 5.48. The van der Waals surface area contributed by atoms with E-state index in [9.17, 15) is 4.79 Å². The summed E-state index contributed by atoms with van der Waals surface area (Å²) in [5.41, 5.74) is 2.11. The van der Waals surface area contributed by atoms with Crippen LogP contribution in [0.5, 0.6) is 0 Å². The molecule has 0 spiro atoms. The van der Waals surface area contributed by atoms with Gasteiger partial charge in [0, 0.05) is 12.0 Å². The van der Waals surface area contributed by atoms with Crippen molar-refractivity contribution in [3.63, 3.8) is 0 Å². The number of fused-ring (bicyclic) bond motifs is 1. The van der Waals surface area contributed by atoms with Crippen molar-refractivity contribution in [2.24, 2.45) is 5.92 Å². The number of carbonyl (C=O) groups is 1. The molecule has 1 atom stereocenters. The normalized spacial score (nSPS) is 19.7. The number of nitrogens with one attached hydrogen (secondary N) is 1. The van der Waals surface area contributed by atoms with Gasteiger partial charge in [0.1, 0.15) is 0 Å². The molecule has 1 aromatic heterocycles. The van der Waals surface area contributed by atoms with Crippen molar-refractivity contribution in [2.75, 3.05) is 5.32 Å². The molecule has 82 valence electrons. The molecule has 0 bridgehead atoms. The molecule has 0 saturated heterocycles. The average molecular weight is 208 g/mol. The van der Waals surface area contributed by atoms with Gasteiger partial charge in [0.2, 0.25) is 11.8 Å². The lowest BCUT2D eigenvalue weighted by atomic mass is 9.89. The van der Waals surface area contributed by atoms with Gasteiger partial charge in [-0.2, -0.15) is 0 Å². The van der Waals surface area contributed by atoms with Crippen LogP contribution in [0, 0.1) is 5.92 Å². The Bertz CT molecular complexity index is 371. The molecule has 0 saturated carbocycles. The molecule has 1 N–H and O–H groups in total. The minimum absolute atomic E-state index is 0.0211. The van der Waals surface area contributed by atoms with Gasteiger partial charge in [-0.05, 0) is 25.2 Å². The summed E-state index contributed by atoms with van der Waals surface area (Å²) in [7, 11) is 0. The Morgan fingerprint density at radius 2 is 2.47 bits per heavy atom. The van der Waals surface area contributed by atoms with E-state index in [1.54, 1.807) is 0 Å². The third kappa shape index (κ3) is 2.03. The molecule has 0 aromatic carbocycles. The molecule has 0 fully saturated rings. The summed E-state index contributed by atoms with van der Waals surface area (Å²) < 4.78 is 5.16. The number of rotatable bonds is 2. The highest BCUT2D eigenvalue weighted by molar-refractivity contribution is 5.89. The van der Waals surface area contributed by atoms with Crippen molar-refractivity contribution >= 4 is 11.8 Å². The quantitative estimate of drug-likeness (QED) is 0.810. The van der Waals surface area contributed by atoms with Gasteiger partial charge in [0.15, 0.2) is 0 Å². The van der Waals surface area contributed by atoms with Crippen molar-refractivity contribution in [3.8, 4) is 0 Å². The van der Waals surface area contributed by atoms with Gasteiger partial charge >= 0.3 is 0 Å². The Morgan fingerprint density at radius 3 is 3.20 bits per heavy atom. The van der Waals surface area contributed by atoms with E-state index in [1.807, 2.05) is 6.92 Å². The Kier molecular flexibility index (Phi) is 2.75. The van der Waals surface area contributed by atoms with Gasteiger partial charge in [0.05, 0.1) is 5.69 Å². The summed E-state index contributed by atoms with van der Waals surface area (Å²) in [6.45, 7) is 4.03. The second-order valence-electron chi connectivity index (χ2n) is 4.19. The zero-order valence-electron chi connectivity index (χ0n) is 9.17. The minimum Gasteiger partial charge on any atom is -0.338 e. The standard InChI is InChI=1S/C11H16N2O2/c1-3-10(14)12-11-8-6-7(2)4-5-9(8)13-15-11/h7H,3-6H2,1-2H3,(H,12,14). The van der Waals surface area contributed by atoms with Crippen molar-refractivity contribution in [1.29, 1.82) is 0 Å². The Morgan fingerprint density at radius 1 is 1.67 bits per heavy atom. The Balaban J connectivity index is 2.19. The van der Waals surface area contributed by atoms with E-state index >= 15 is 0 Å². The van der Waals surface area contributed by atoms with Crippen molar-refractivity contribution in [1.82, 2.24) is 5.16 Å². The van der Waals surface area contributed by atoms with Crippen LogP contribution in [0.1, 0.15) is 37.9 Å². The summed E-state index contributed by atoms with van der Waals surface area (Å²) in [5.74, 6) is 1.18. The van der Waals surface area contributed by atoms with Crippen LogP contribution >= 0.6 is 0 Å². The summed E-state index contributed by atoms with van der Waals surface area (Å²) >= 11 is 0. The number of anilines is 1. The highest BCUT2D eigenvalue weighted by Crippen LogP contribution is 2.30. The minimum atomic E-state index is -0.0211. The van der Waals surface area contributed by atoms with Crippen molar-refractivity contribution < 1.29 is 9.32 Å². The maximum atomic E-state index is 11.2. The van der Waals surface area contributed by atoms with Crippen LogP contribution in [-0.4, -0.2) is 11.1 Å². The third-order valence-corrected chi connectivity index (χ3v) is 2.87. The van der Waals surface area contributed by atoms with E-state index in [0.29, 0.717) is 18.2 Å². The molecule has 0 aliphatic heterocycles. The van der Waals surface area contributed by atoms with Gasteiger partial charge in [-0.3, -0.25) is 10.1 Å². The van der Waals surface area contributed by atoms with E-state index in [1.165, 1.54) is 0 Å². The first-order chi connectivity index (χ1) is 7.20. The topological polar surface area (TPSA) is 55.1 Å². The van der Waals surface area contributed by atoms with Gasteiger partial charge in [-0.15, -0.1) is 0 Å². The molecule has 1 aliphatic rings. The molecular formula is C11H16N2O2. The number of aromatic nitrogens is 1. The van der Waals surface area contributed by atoms with Crippen LogP contribution in [0.4, 0.5) is 5.88 Å².